The van der Waals surface area contributed by atoms with Crippen molar-refractivity contribution in [2.45, 2.75) is 0 Å². The normalized spacial score (nSPS) is 26.5. The molecule has 0 saturated carbocycles. The Kier molecular flexibility index (Phi) is 2.96. The van der Waals surface area contributed by atoms with Crippen molar-refractivity contribution in [2.75, 3.05) is 24.6 Å². The minimum Gasteiger partial charge on any atom is -0.294 e. The molecule has 10 heavy (non-hydrogen) atoms. The summed E-state index contributed by atoms with van der Waals surface area (Å²) in [5.41, 5.74) is 0. The second kappa shape index (κ2) is 3.56. The standard InChI is InChI=1S/C4H9NO3S2/c6-9-3-1-5(2-4-9)10(7)8/h1-4H2,(H,7,8). The van der Waals surface area contributed by atoms with Crippen LogP contribution in [0.5, 0.6) is 0 Å². The number of nitrogens with zero attached hydrogens (tertiary/aromatic N) is 1. The molecule has 0 amide bonds. The highest BCUT2D eigenvalue weighted by molar-refractivity contribution is 7.85. The maximum absolute atomic E-state index is 10.7. The number of rotatable bonds is 1. The Labute approximate surface area is 64.5 Å². The first-order valence-corrected chi connectivity index (χ1v) is 5.46. The quantitative estimate of drug-likeness (QED) is 0.541. The molecule has 0 bridgehead atoms. The topological polar surface area (TPSA) is 57.6 Å². The van der Waals surface area contributed by atoms with Crippen LogP contribution in [0.4, 0.5) is 0 Å². The Bertz CT molecular complexity index is 162. The van der Waals surface area contributed by atoms with Crippen LogP contribution in [0, 0.1) is 0 Å². The number of hydrogen-bond donors (Lipinski definition) is 1. The molecule has 1 unspecified atom stereocenters. The lowest BCUT2D eigenvalue weighted by atomic mass is 10.6. The van der Waals surface area contributed by atoms with Gasteiger partial charge < -0.3 is 0 Å². The third-order valence-electron chi connectivity index (χ3n) is 1.36. The van der Waals surface area contributed by atoms with E-state index in [0.717, 1.165) is 0 Å². The maximum Gasteiger partial charge on any atom is 0.234 e. The van der Waals surface area contributed by atoms with Crippen molar-refractivity contribution in [3.8, 4) is 0 Å². The molecule has 1 atom stereocenters. The third-order valence-corrected chi connectivity index (χ3v) is 3.44. The first-order chi connectivity index (χ1) is 4.70. The molecule has 6 heteroatoms. The van der Waals surface area contributed by atoms with Gasteiger partial charge in [0.1, 0.15) is 0 Å². The molecule has 1 N–H and O–H groups in total. The van der Waals surface area contributed by atoms with Gasteiger partial charge in [0, 0.05) is 35.4 Å². The minimum atomic E-state index is -1.87. The van der Waals surface area contributed by atoms with E-state index in [2.05, 4.69) is 0 Å². The lowest BCUT2D eigenvalue weighted by Crippen LogP contribution is -2.38. The van der Waals surface area contributed by atoms with E-state index in [1.54, 1.807) is 0 Å². The Balaban J connectivity index is 2.40. The van der Waals surface area contributed by atoms with E-state index in [4.69, 9.17) is 4.55 Å². The van der Waals surface area contributed by atoms with Crippen LogP contribution in [0.3, 0.4) is 0 Å². The molecule has 0 radical (unpaired) electrons. The summed E-state index contributed by atoms with van der Waals surface area (Å²) in [5.74, 6) is 1.04. The van der Waals surface area contributed by atoms with Gasteiger partial charge in [-0.2, -0.15) is 4.31 Å². The van der Waals surface area contributed by atoms with Crippen LogP contribution >= 0.6 is 0 Å². The van der Waals surface area contributed by atoms with Crippen molar-refractivity contribution in [1.82, 2.24) is 4.31 Å². The molecule has 0 aromatic rings. The van der Waals surface area contributed by atoms with Crippen molar-refractivity contribution in [2.24, 2.45) is 0 Å². The summed E-state index contributed by atoms with van der Waals surface area (Å²) in [6.45, 7) is 0.936. The van der Waals surface area contributed by atoms with Crippen LogP contribution in [-0.2, 0) is 22.1 Å². The maximum atomic E-state index is 10.7. The molecule has 0 spiro atoms. The van der Waals surface area contributed by atoms with E-state index in [0.29, 0.717) is 24.6 Å². The van der Waals surface area contributed by atoms with E-state index in [1.807, 2.05) is 0 Å². The summed E-state index contributed by atoms with van der Waals surface area (Å²) < 4.78 is 31.1. The van der Waals surface area contributed by atoms with Crippen molar-refractivity contribution >= 4 is 22.1 Å². The van der Waals surface area contributed by atoms with Crippen LogP contribution in [-0.4, -0.2) is 41.9 Å². The molecule has 1 rings (SSSR count). The van der Waals surface area contributed by atoms with Crippen molar-refractivity contribution in [3.05, 3.63) is 0 Å². The molecule has 4 nitrogen and oxygen atoms in total. The molecule has 60 valence electrons. The highest BCUT2D eigenvalue weighted by Crippen LogP contribution is 2.00. The summed E-state index contributed by atoms with van der Waals surface area (Å²) in [4.78, 5) is 0. The SMILES string of the molecule is O=S1CCN(S(=O)O)CC1. The van der Waals surface area contributed by atoms with Gasteiger partial charge in [-0.05, 0) is 0 Å². The van der Waals surface area contributed by atoms with E-state index < -0.39 is 22.1 Å². The lowest BCUT2D eigenvalue weighted by molar-refractivity contribution is 0.421. The summed E-state index contributed by atoms with van der Waals surface area (Å²) in [5, 5.41) is 0. The third kappa shape index (κ3) is 2.12. The summed E-state index contributed by atoms with van der Waals surface area (Å²) >= 11 is -1.87. The van der Waals surface area contributed by atoms with Gasteiger partial charge in [-0.15, -0.1) is 0 Å². The van der Waals surface area contributed by atoms with Crippen LogP contribution in [0.15, 0.2) is 0 Å². The summed E-state index contributed by atoms with van der Waals surface area (Å²) in [6, 6.07) is 0. The first kappa shape index (κ1) is 8.32. The Morgan fingerprint density at radius 2 is 1.90 bits per heavy atom. The van der Waals surface area contributed by atoms with E-state index >= 15 is 0 Å². The largest absolute Gasteiger partial charge is 0.294 e. The predicted molar refractivity (Wildman–Crippen MR) is 40.2 cm³/mol. The predicted octanol–water partition coefficient (Wildman–Crippen LogP) is -0.813. The van der Waals surface area contributed by atoms with Crippen LogP contribution in [0.25, 0.3) is 0 Å². The second-order valence-corrected chi connectivity index (χ2v) is 4.68. The summed E-state index contributed by atoms with van der Waals surface area (Å²) in [7, 11) is -0.765. The molecule has 0 aromatic heterocycles. The average molecular weight is 183 g/mol. The average Bonchev–Trinajstić information content (AvgIpc) is 1.88. The summed E-state index contributed by atoms with van der Waals surface area (Å²) in [6.07, 6.45) is 0. The van der Waals surface area contributed by atoms with Gasteiger partial charge in [0.2, 0.25) is 11.3 Å². The second-order valence-electron chi connectivity index (χ2n) is 2.01. The zero-order valence-electron chi connectivity index (χ0n) is 5.36. The smallest absolute Gasteiger partial charge is 0.234 e. The first-order valence-electron chi connectivity index (χ1n) is 2.91. The monoisotopic (exact) mass is 183 g/mol. The fourth-order valence-corrected chi connectivity index (χ4v) is 2.56. The highest BCUT2D eigenvalue weighted by Gasteiger charge is 2.18. The van der Waals surface area contributed by atoms with Gasteiger partial charge >= 0.3 is 0 Å². The molecular weight excluding hydrogens is 174 g/mol. The van der Waals surface area contributed by atoms with Gasteiger partial charge in [0.15, 0.2) is 0 Å². The molecule has 0 aliphatic carbocycles. The molecule has 1 fully saturated rings. The van der Waals surface area contributed by atoms with Gasteiger partial charge in [0.05, 0.1) is 0 Å². The fourth-order valence-electron chi connectivity index (χ4n) is 0.777. The Morgan fingerprint density at radius 1 is 1.40 bits per heavy atom. The van der Waals surface area contributed by atoms with E-state index in [1.165, 1.54) is 4.31 Å². The molecule has 1 heterocycles. The molecule has 1 aliphatic heterocycles. The lowest BCUT2D eigenvalue weighted by Gasteiger charge is -2.21. The van der Waals surface area contributed by atoms with Gasteiger partial charge in [-0.1, -0.05) is 0 Å². The zero-order chi connectivity index (χ0) is 7.56. The molecule has 1 aliphatic rings. The van der Waals surface area contributed by atoms with Crippen LogP contribution < -0.4 is 0 Å². The van der Waals surface area contributed by atoms with Crippen molar-refractivity contribution < 1.29 is 13.0 Å². The zero-order valence-corrected chi connectivity index (χ0v) is 6.99. The molecule has 0 aromatic carbocycles. The fraction of sp³-hybridized carbons (Fsp3) is 1.00. The number of hydrogen-bond acceptors (Lipinski definition) is 2. The van der Waals surface area contributed by atoms with Gasteiger partial charge in [-0.25, -0.2) is 4.21 Å². The van der Waals surface area contributed by atoms with Gasteiger partial charge in [-0.3, -0.25) is 8.76 Å². The molecule has 1 saturated heterocycles. The minimum absolute atomic E-state index is 0.468. The highest BCUT2D eigenvalue weighted by atomic mass is 32.2. The Hall–Kier alpha value is 0.220. The van der Waals surface area contributed by atoms with E-state index in [-0.39, 0.29) is 0 Å². The van der Waals surface area contributed by atoms with Gasteiger partial charge in [0.25, 0.3) is 0 Å². The van der Waals surface area contributed by atoms with Crippen molar-refractivity contribution in [3.63, 3.8) is 0 Å². The van der Waals surface area contributed by atoms with Crippen molar-refractivity contribution in [1.29, 1.82) is 0 Å². The van der Waals surface area contributed by atoms with E-state index in [9.17, 15) is 8.42 Å². The van der Waals surface area contributed by atoms with Crippen LogP contribution in [0.1, 0.15) is 0 Å². The van der Waals surface area contributed by atoms with Crippen LogP contribution in [0.2, 0.25) is 0 Å². The molecular formula is C4H9NO3S2. The Morgan fingerprint density at radius 3 is 2.30 bits per heavy atom.